The first kappa shape index (κ1) is 31.0. The fourth-order valence-electron chi connectivity index (χ4n) is 4.14. The van der Waals surface area contributed by atoms with Crippen molar-refractivity contribution in [3.63, 3.8) is 0 Å². The van der Waals surface area contributed by atoms with E-state index in [1.54, 1.807) is 11.9 Å². The molecule has 0 amide bonds. The van der Waals surface area contributed by atoms with Gasteiger partial charge in [0.05, 0.1) is 12.0 Å². The SMILES string of the molecule is Cc1cnccc1-c1cccc(C(C)(C)N(CCCN=C(NC#N)NCCC(=O)O)Sc2cccc(Cl)c2C)c1. The van der Waals surface area contributed by atoms with Crippen molar-refractivity contribution in [2.24, 2.45) is 4.99 Å². The van der Waals surface area contributed by atoms with Crippen molar-refractivity contribution in [2.75, 3.05) is 19.6 Å². The number of carboxylic acids is 1. The van der Waals surface area contributed by atoms with E-state index in [2.05, 4.69) is 76.0 Å². The molecular weight excluding hydrogens is 544 g/mol. The van der Waals surface area contributed by atoms with Gasteiger partial charge in [0.1, 0.15) is 0 Å². The number of carbonyl (C=O) groups is 1. The van der Waals surface area contributed by atoms with Crippen molar-refractivity contribution < 1.29 is 9.90 Å². The molecule has 0 unspecified atom stereocenters. The minimum atomic E-state index is -0.918. The third kappa shape index (κ3) is 8.46. The van der Waals surface area contributed by atoms with Crippen molar-refractivity contribution in [3.8, 4) is 17.3 Å². The van der Waals surface area contributed by atoms with Crippen molar-refractivity contribution in [3.05, 3.63) is 82.6 Å². The van der Waals surface area contributed by atoms with Gasteiger partial charge in [0.15, 0.2) is 6.19 Å². The number of carboxylic acid groups (broad SMARTS) is 1. The molecule has 0 atom stereocenters. The van der Waals surface area contributed by atoms with E-state index >= 15 is 0 Å². The van der Waals surface area contributed by atoms with Gasteiger partial charge in [0.2, 0.25) is 5.96 Å². The first-order valence-corrected chi connectivity index (χ1v) is 14.2. The number of pyridine rings is 1. The molecular formula is C30H35ClN6O2S. The monoisotopic (exact) mass is 578 g/mol. The topological polar surface area (TPSA) is 114 Å². The number of aryl methyl sites for hydroxylation is 1. The van der Waals surface area contributed by atoms with Gasteiger partial charge >= 0.3 is 5.97 Å². The number of aromatic nitrogens is 1. The summed E-state index contributed by atoms with van der Waals surface area (Å²) in [6, 6.07) is 16.6. The summed E-state index contributed by atoms with van der Waals surface area (Å²) in [5, 5.41) is 24.0. The summed E-state index contributed by atoms with van der Waals surface area (Å²) in [4.78, 5) is 20.6. The van der Waals surface area contributed by atoms with Crippen LogP contribution in [0.15, 0.2) is 70.8 Å². The first-order valence-electron chi connectivity index (χ1n) is 13.0. The predicted molar refractivity (Wildman–Crippen MR) is 162 cm³/mol. The fraction of sp³-hybridized carbons (Fsp3) is 0.333. The summed E-state index contributed by atoms with van der Waals surface area (Å²) in [6.45, 7) is 9.82. The Kier molecular flexibility index (Phi) is 11.4. The molecule has 0 saturated carbocycles. The van der Waals surface area contributed by atoms with Gasteiger partial charge in [-0.1, -0.05) is 35.9 Å². The smallest absolute Gasteiger partial charge is 0.305 e. The van der Waals surface area contributed by atoms with E-state index in [1.807, 2.05) is 43.7 Å². The maximum atomic E-state index is 10.8. The number of guanidine groups is 1. The summed E-state index contributed by atoms with van der Waals surface area (Å²) in [5.74, 6) is -0.647. The zero-order chi connectivity index (χ0) is 29.1. The number of nitrogens with one attached hydrogen (secondary N) is 2. The van der Waals surface area contributed by atoms with Crippen LogP contribution in [0.2, 0.25) is 5.02 Å². The zero-order valence-electron chi connectivity index (χ0n) is 23.2. The third-order valence-electron chi connectivity index (χ3n) is 6.55. The molecule has 0 radical (unpaired) electrons. The maximum absolute atomic E-state index is 10.8. The van der Waals surface area contributed by atoms with Crippen molar-refractivity contribution in [2.45, 2.75) is 51.0 Å². The summed E-state index contributed by atoms with van der Waals surface area (Å²) in [5.41, 5.74) is 5.23. The number of nitrogens with zero attached hydrogens (tertiary/aromatic N) is 4. The number of aliphatic imine (C=N–C) groups is 1. The van der Waals surface area contributed by atoms with Crippen LogP contribution < -0.4 is 10.6 Å². The molecule has 0 aliphatic carbocycles. The lowest BCUT2D eigenvalue weighted by Crippen LogP contribution is -2.38. The predicted octanol–water partition coefficient (Wildman–Crippen LogP) is 6.14. The average Bonchev–Trinajstić information content (AvgIpc) is 2.92. The van der Waals surface area contributed by atoms with Crippen LogP contribution in [-0.2, 0) is 10.3 Å². The van der Waals surface area contributed by atoms with E-state index in [0.717, 1.165) is 32.2 Å². The summed E-state index contributed by atoms with van der Waals surface area (Å²) in [6.07, 6.45) is 6.18. The molecule has 0 aliphatic rings. The molecule has 1 heterocycles. The molecule has 2 aromatic carbocycles. The Balaban J connectivity index is 1.86. The second-order valence-corrected chi connectivity index (χ2v) is 11.2. The largest absolute Gasteiger partial charge is 0.481 e. The van der Waals surface area contributed by atoms with Gasteiger partial charge in [0, 0.05) is 41.9 Å². The molecule has 3 aromatic rings. The van der Waals surface area contributed by atoms with Gasteiger partial charge in [-0.25, -0.2) is 4.31 Å². The van der Waals surface area contributed by atoms with E-state index in [9.17, 15) is 4.79 Å². The lowest BCUT2D eigenvalue weighted by atomic mass is 9.90. The lowest BCUT2D eigenvalue weighted by molar-refractivity contribution is -0.136. The van der Waals surface area contributed by atoms with Gasteiger partial charge in [0.25, 0.3) is 0 Å². The average molecular weight is 579 g/mol. The van der Waals surface area contributed by atoms with E-state index in [1.165, 1.54) is 5.56 Å². The highest BCUT2D eigenvalue weighted by atomic mass is 35.5. The molecule has 210 valence electrons. The van der Waals surface area contributed by atoms with E-state index in [-0.39, 0.29) is 24.5 Å². The Bertz CT molecular complexity index is 1390. The zero-order valence-corrected chi connectivity index (χ0v) is 24.8. The quantitative estimate of drug-likeness (QED) is 0.0586. The Labute approximate surface area is 245 Å². The van der Waals surface area contributed by atoms with Gasteiger partial charge in [-0.3, -0.25) is 20.1 Å². The minimum absolute atomic E-state index is 0.0677. The number of benzene rings is 2. The van der Waals surface area contributed by atoms with E-state index < -0.39 is 5.97 Å². The van der Waals surface area contributed by atoms with E-state index in [4.69, 9.17) is 22.0 Å². The van der Waals surface area contributed by atoms with Crippen LogP contribution in [0.5, 0.6) is 0 Å². The molecule has 40 heavy (non-hydrogen) atoms. The number of halogens is 1. The Morgan fingerprint density at radius 1 is 1.23 bits per heavy atom. The Hall–Kier alpha value is -3.58. The second-order valence-electron chi connectivity index (χ2n) is 9.78. The number of nitriles is 1. The van der Waals surface area contributed by atoms with Crippen LogP contribution in [0.4, 0.5) is 0 Å². The lowest BCUT2D eigenvalue weighted by Gasteiger charge is -2.38. The molecule has 1 aromatic heterocycles. The van der Waals surface area contributed by atoms with Crippen molar-refractivity contribution >= 4 is 35.5 Å². The van der Waals surface area contributed by atoms with Crippen LogP contribution >= 0.6 is 23.5 Å². The first-order chi connectivity index (χ1) is 19.1. The van der Waals surface area contributed by atoms with Crippen LogP contribution in [0.25, 0.3) is 11.1 Å². The molecule has 3 rings (SSSR count). The molecule has 0 spiro atoms. The normalized spacial score (nSPS) is 11.8. The van der Waals surface area contributed by atoms with Crippen LogP contribution in [-0.4, -0.2) is 46.0 Å². The van der Waals surface area contributed by atoms with Crippen LogP contribution in [0, 0.1) is 25.3 Å². The third-order valence-corrected chi connectivity index (χ3v) is 8.45. The van der Waals surface area contributed by atoms with Gasteiger partial charge < -0.3 is 10.4 Å². The highest BCUT2D eigenvalue weighted by Crippen LogP contribution is 2.40. The second kappa shape index (κ2) is 14.7. The Morgan fingerprint density at radius 3 is 2.73 bits per heavy atom. The summed E-state index contributed by atoms with van der Waals surface area (Å²) < 4.78 is 2.34. The minimum Gasteiger partial charge on any atom is -0.481 e. The molecule has 0 aliphatic heterocycles. The maximum Gasteiger partial charge on any atom is 0.305 e. The number of aliphatic carboxylic acids is 1. The van der Waals surface area contributed by atoms with Gasteiger partial charge in [-0.05, 0) is 98.1 Å². The fourth-order valence-corrected chi connectivity index (χ4v) is 5.55. The van der Waals surface area contributed by atoms with Crippen LogP contribution in [0.3, 0.4) is 0 Å². The number of hydrogen-bond donors (Lipinski definition) is 3. The number of hydrogen-bond acceptors (Lipinski definition) is 6. The van der Waals surface area contributed by atoms with Gasteiger partial charge in [-0.15, -0.1) is 0 Å². The summed E-state index contributed by atoms with van der Waals surface area (Å²) >= 11 is 8.12. The highest BCUT2D eigenvalue weighted by molar-refractivity contribution is 7.97. The molecule has 8 nitrogen and oxygen atoms in total. The standard InChI is InChI=1S/C30H35ClN6O2S/c1-21-19-33-15-12-25(21)23-8-5-9-24(18-23)30(3,4)37(40-27-11-6-10-26(31)22(27)2)17-7-14-34-29(36-20-32)35-16-13-28(38)39/h5-6,8-12,15,18-19H,7,13-14,16-17H2,1-4H3,(H,38,39)(H2,34,35,36). The molecule has 0 bridgehead atoms. The van der Waals surface area contributed by atoms with Crippen molar-refractivity contribution in [1.29, 1.82) is 5.26 Å². The highest BCUT2D eigenvalue weighted by Gasteiger charge is 2.30. The molecule has 10 heteroatoms. The van der Waals surface area contributed by atoms with Crippen molar-refractivity contribution in [1.82, 2.24) is 19.9 Å². The van der Waals surface area contributed by atoms with E-state index in [0.29, 0.717) is 19.5 Å². The number of rotatable bonds is 12. The molecule has 0 saturated heterocycles. The Morgan fingerprint density at radius 2 is 2.00 bits per heavy atom. The molecule has 0 fully saturated rings. The molecule has 3 N–H and O–H groups in total. The van der Waals surface area contributed by atoms with Crippen LogP contribution in [0.1, 0.15) is 43.4 Å². The summed E-state index contributed by atoms with van der Waals surface area (Å²) in [7, 11) is 0. The van der Waals surface area contributed by atoms with Gasteiger partial charge in [-0.2, -0.15) is 5.26 Å².